The van der Waals surface area contributed by atoms with Crippen LogP contribution >= 0.6 is 23.5 Å². The highest BCUT2D eigenvalue weighted by molar-refractivity contribution is 7.99. The van der Waals surface area contributed by atoms with Crippen molar-refractivity contribution < 1.29 is 19.8 Å². The fourth-order valence-electron chi connectivity index (χ4n) is 4.10. The predicted molar refractivity (Wildman–Crippen MR) is 148 cm³/mol. The average Bonchev–Trinajstić information content (AvgIpc) is 2.90. The van der Waals surface area contributed by atoms with Crippen LogP contribution in [0.3, 0.4) is 0 Å². The number of hydrogen-bond donors (Lipinski definition) is 2. The number of benzene rings is 2. The van der Waals surface area contributed by atoms with E-state index in [1.165, 1.54) is 0 Å². The van der Waals surface area contributed by atoms with Gasteiger partial charge in [-0.2, -0.15) is 0 Å². The second kappa shape index (κ2) is 15.7. The maximum atomic E-state index is 12.5. The Hall–Kier alpha value is -2.32. The van der Waals surface area contributed by atoms with E-state index in [-0.39, 0.29) is 23.3 Å². The van der Waals surface area contributed by atoms with Crippen LogP contribution in [0.5, 0.6) is 11.5 Å². The lowest BCUT2D eigenvalue weighted by atomic mass is 10.1. The molecular formula is C28H38N2O4S2. The molecule has 1 aliphatic heterocycles. The fourth-order valence-corrected chi connectivity index (χ4v) is 5.92. The molecule has 0 spiro atoms. The van der Waals surface area contributed by atoms with Gasteiger partial charge in [-0.15, -0.1) is 23.5 Å². The van der Waals surface area contributed by atoms with Gasteiger partial charge in [-0.3, -0.25) is 9.59 Å². The van der Waals surface area contributed by atoms with Crippen molar-refractivity contribution in [3.05, 3.63) is 48.5 Å². The molecule has 0 aliphatic carbocycles. The summed E-state index contributed by atoms with van der Waals surface area (Å²) in [7, 11) is 0. The lowest BCUT2D eigenvalue weighted by molar-refractivity contribution is -0.139. The van der Waals surface area contributed by atoms with E-state index in [1.807, 2.05) is 34.1 Å². The summed E-state index contributed by atoms with van der Waals surface area (Å²) in [6.45, 7) is 2.57. The molecule has 1 aliphatic rings. The van der Waals surface area contributed by atoms with Gasteiger partial charge < -0.3 is 20.0 Å². The van der Waals surface area contributed by atoms with Crippen LogP contribution in [0.25, 0.3) is 0 Å². The number of rotatable bonds is 14. The molecule has 6 nitrogen and oxygen atoms in total. The van der Waals surface area contributed by atoms with Crippen LogP contribution in [-0.2, 0) is 9.59 Å². The molecule has 8 heteroatoms. The van der Waals surface area contributed by atoms with Gasteiger partial charge in [0.2, 0.25) is 11.8 Å². The van der Waals surface area contributed by atoms with Gasteiger partial charge in [-0.25, -0.2) is 0 Å². The molecule has 36 heavy (non-hydrogen) atoms. The van der Waals surface area contributed by atoms with Gasteiger partial charge in [0, 0.05) is 48.8 Å². The lowest BCUT2D eigenvalue weighted by Gasteiger charge is -2.35. The highest BCUT2D eigenvalue weighted by Crippen LogP contribution is 2.23. The van der Waals surface area contributed by atoms with E-state index < -0.39 is 0 Å². The third-order valence-corrected chi connectivity index (χ3v) is 8.46. The summed E-state index contributed by atoms with van der Waals surface area (Å²) in [4.78, 5) is 31.2. The molecule has 2 aromatic carbocycles. The summed E-state index contributed by atoms with van der Waals surface area (Å²) in [6, 6.07) is 14.5. The number of amides is 2. The van der Waals surface area contributed by atoms with E-state index in [9.17, 15) is 19.8 Å². The summed E-state index contributed by atoms with van der Waals surface area (Å²) < 4.78 is 0. The van der Waals surface area contributed by atoms with Gasteiger partial charge >= 0.3 is 0 Å². The first-order chi connectivity index (χ1) is 17.5. The quantitative estimate of drug-likeness (QED) is 0.238. The number of aromatic hydroxyl groups is 2. The van der Waals surface area contributed by atoms with E-state index in [0.717, 1.165) is 59.8 Å². The molecule has 0 radical (unpaired) electrons. The molecule has 3 rings (SSSR count). The molecule has 1 fully saturated rings. The summed E-state index contributed by atoms with van der Waals surface area (Å²) in [6.07, 6.45) is 7.16. The zero-order chi connectivity index (χ0) is 25.6. The molecular weight excluding hydrogens is 492 g/mol. The lowest BCUT2D eigenvalue weighted by Crippen LogP contribution is -2.50. The van der Waals surface area contributed by atoms with Crippen LogP contribution in [0.15, 0.2) is 58.3 Å². The molecule has 196 valence electrons. The standard InChI is InChI=1S/C28H38N2O4S2/c31-23-9-13-25(14-10-23)35-21-5-1-3-7-27(33)29-17-19-30(20-18-29)28(34)8-4-2-6-22-36-26-15-11-24(32)12-16-26/h9-16,31-32H,1-8,17-22H2. The van der Waals surface area contributed by atoms with Crippen LogP contribution in [-0.4, -0.2) is 69.5 Å². The minimum absolute atomic E-state index is 0.208. The number of hydrogen-bond acceptors (Lipinski definition) is 6. The first-order valence-electron chi connectivity index (χ1n) is 12.9. The molecule has 0 unspecified atom stereocenters. The number of phenols is 2. The Morgan fingerprint density at radius 2 is 0.944 bits per heavy atom. The van der Waals surface area contributed by atoms with Crippen LogP contribution in [0.4, 0.5) is 0 Å². The first-order valence-corrected chi connectivity index (χ1v) is 14.9. The van der Waals surface area contributed by atoms with Crippen LogP contribution in [0, 0.1) is 0 Å². The van der Waals surface area contributed by atoms with Gasteiger partial charge in [0.15, 0.2) is 0 Å². The monoisotopic (exact) mass is 530 g/mol. The Labute approximate surface area is 223 Å². The largest absolute Gasteiger partial charge is 0.508 e. The van der Waals surface area contributed by atoms with Gasteiger partial charge in [-0.05, 0) is 85.7 Å². The summed E-state index contributed by atoms with van der Waals surface area (Å²) in [5.74, 6) is 3.01. The second-order valence-corrected chi connectivity index (χ2v) is 11.4. The maximum absolute atomic E-state index is 12.5. The maximum Gasteiger partial charge on any atom is 0.222 e. The van der Waals surface area contributed by atoms with Crippen molar-refractivity contribution in [2.24, 2.45) is 0 Å². The predicted octanol–water partition coefficient (Wildman–Crippen LogP) is 5.77. The third kappa shape index (κ3) is 10.3. The van der Waals surface area contributed by atoms with Crippen LogP contribution < -0.4 is 0 Å². The molecule has 1 heterocycles. The van der Waals surface area contributed by atoms with E-state index in [4.69, 9.17) is 0 Å². The zero-order valence-electron chi connectivity index (χ0n) is 20.9. The fraction of sp³-hybridized carbons (Fsp3) is 0.500. The number of piperazine rings is 1. The van der Waals surface area contributed by atoms with Gasteiger partial charge in [0.1, 0.15) is 11.5 Å². The number of nitrogens with zero attached hydrogens (tertiary/aromatic N) is 2. The Kier molecular flexibility index (Phi) is 12.3. The van der Waals surface area contributed by atoms with Crippen molar-refractivity contribution >= 4 is 35.3 Å². The summed E-state index contributed by atoms with van der Waals surface area (Å²) >= 11 is 3.55. The van der Waals surface area contributed by atoms with Crippen molar-refractivity contribution in [3.8, 4) is 11.5 Å². The van der Waals surface area contributed by atoms with E-state index >= 15 is 0 Å². The van der Waals surface area contributed by atoms with Gasteiger partial charge in [0.25, 0.3) is 0 Å². The van der Waals surface area contributed by atoms with E-state index in [0.29, 0.717) is 39.0 Å². The molecule has 0 aromatic heterocycles. The number of unbranched alkanes of at least 4 members (excludes halogenated alkanes) is 4. The zero-order valence-corrected chi connectivity index (χ0v) is 22.6. The molecule has 2 aromatic rings. The summed E-state index contributed by atoms with van der Waals surface area (Å²) in [5, 5.41) is 18.7. The average molecular weight is 531 g/mol. The molecule has 1 saturated heterocycles. The Balaban J connectivity index is 1.18. The third-order valence-electron chi connectivity index (χ3n) is 6.27. The van der Waals surface area contributed by atoms with Crippen molar-refractivity contribution in [1.82, 2.24) is 9.80 Å². The van der Waals surface area contributed by atoms with Crippen LogP contribution in [0.1, 0.15) is 51.4 Å². The van der Waals surface area contributed by atoms with Crippen LogP contribution in [0.2, 0.25) is 0 Å². The van der Waals surface area contributed by atoms with E-state index in [1.54, 1.807) is 47.8 Å². The Morgan fingerprint density at radius 1 is 0.583 bits per heavy atom. The second-order valence-electron chi connectivity index (χ2n) is 9.07. The van der Waals surface area contributed by atoms with Gasteiger partial charge in [-0.1, -0.05) is 12.8 Å². The molecule has 0 atom stereocenters. The normalized spacial score (nSPS) is 13.7. The van der Waals surface area contributed by atoms with Gasteiger partial charge in [0.05, 0.1) is 0 Å². The minimum atomic E-state index is 0.208. The first kappa shape index (κ1) is 28.3. The van der Waals surface area contributed by atoms with Crippen molar-refractivity contribution in [3.63, 3.8) is 0 Å². The number of thioether (sulfide) groups is 2. The number of phenolic OH excluding ortho intramolecular Hbond substituents is 2. The van der Waals surface area contributed by atoms with Crippen molar-refractivity contribution in [2.75, 3.05) is 37.7 Å². The van der Waals surface area contributed by atoms with E-state index in [2.05, 4.69) is 0 Å². The number of carbonyl (C=O) groups is 2. The molecule has 0 saturated carbocycles. The SMILES string of the molecule is O=C(CCCCCSc1ccc(O)cc1)N1CCN(C(=O)CCCCCSc2ccc(O)cc2)CC1. The van der Waals surface area contributed by atoms with Crippen molar-refractivity contribution in [1.29, 1.82) is 0 Å². The highest BCUT2D eigenvalue weighted by atomic mass is 32.2. The number of carbonyl (C=O) groups excluding carboxylic acids is 2. The Morgan fingerprint density at radius 3 is 1.31 bits per heavy atom. The Bertz CT molecular complexity index is 852. The molecule has 0 bridgehead atoms. The van der Waals surface area contributed by atoms with Crippen molar-refractivity contribution in [2.45, 2.75) is 61.2 Å². The minimum Gasteiger partial charge on any atom is -0.508 e. The summed E-state index contributed by atoms with van der Waals surface area (Å²) in [5.41, 5.74) is 0. The topological polar surface area (TPSA) is 81.1 Å². The highest BCUT2D eigenvalue weighted by Gasteiger charge is 2.23. The molecule has 2 amide bonds. The molecule has 2 N–H and O–H groups in total. The smallest absolute Gasteiger partial charge is 0.222 e.